The maximum absolute atomic E-state index is 5.98. The number of hydrogen-bond acceptors (Lipinski definition) is 3. The molecule has 3 rings (SSSR count). The Hall–Kier alpha value is -1.87. The van der Waals surface area contributed by atoms with Crippen molar-refractivity contribution in [2.75, 3.05) is 5.32 Å². The minimum atomic E-state index is 0.383. The van der Waals surface area contributed by atoms with Crippen molar-refractivity contribution in [3.05, 3.63) is 42.7 Å². The van der Waals surface area contributed by atoms with E-state index in [1.807, 2.05) is 18.5 Å². The summed E-state index contributed by atoms with van der Waals surface area (Å²) in [6.45, 7) is 3.89. The van der Waals surface area contributed by atoms with Crippen LogP contribution in [0.5, 0.6) is 0 Å². The van der Waals surface area contributed by atoms with E-state index in [9.17, 15) is 0 Å². The van der Waals surface area contributed by atoms with Gasteiger partial charge >= 0.3 is 0 Å². The van der Waals surface area contributed by atoms with Crippen LogP contribution in [0.1, 0.15) is 31.2 Å². The van der Waals surface area contributed by atoms with Gasteiger partial charge in [-0.05, 0) is 31.7 Å². The Labute approximate surface area is 119 Å². The second kappa shape index (κ2) is 5.63. The summed E-state index contributed by atoms with van der Waals surface area (Å²) in [4.78, 5) is 4.27. The third-order valence-electron chi connectivity index (χ3n) is 4.16. The van der Waals surface area contributed by atoms with Gasteiger partial charge in [0.1, 0.15) is 0 Å². The molecule has 2 aromatic rings. The molecule has 1 heterocycles. The maximum Gasteiger partial charge on any atom is 0.0429 e. The van der Waals surface area contributed by atoms with Crippen LogP contribution in [0, 0.1) is 0 Å². The molecule has 3 heteroatoms. The molecule has 1 aromatic heterocycles. The topological polar surface area (TPSA) is 50.9 Å². The summed E-state index contributed by atoms with van der Waals surface area (Å²) in [6.07, 6.45) is 10.2. The van der Waals surface area contributed by atoms with Gasteiger partial charge in [0, 0.05) is 46.5 Å². The minimum absolute atomic E-state index is 0.383. The summed E-state index contributed by atoms with van der Waals surface area (Å²) in [5.41, 5.74) is 8.24. The lowest BCUT2D eigenvalue weighted by molar-refractivity contribution is 0.411. The van der Waals surface area contributed by atoms with Crippen LogP contribution >= 0.6 is 0 Å². The van der Waals surface area contributed by atoms with Crippen LogP contribution in [0.25, 0.3) is 16.8 Å². The van der Waals surface area contributed by atoms with Gasteiger partial charge in [0.25, 0.3) is 0 Å². The Morgan fingerprint density at radius 2 is 2.00 bits per heavy atom. The van der Waals surface area contributed by atoms with Crippen LogP contribution < -0.4 is 11.1 Å². The van der Waals surface area contributed by atoms with E-state index in [0.29, 0.717) is 12.1 Å². The number of fused-ring (bicyclic) bond motifs is 1. The molecule has 1 saturated carbocycles. The predicted octanol–water partition coefficient (Wildman–Crippen LogP) is 3.56. The van der Waals surface area contributed by atoms with Crippen LogP contribution in [-0.2, 0) is 0 Å². The molecule has 3 N–H and O–H groups in total. The first-order valence-electron chi connectivity index (χ1n) is 7.29. The molecule has 3 nitrogen and oxygen atoms in total. The van der Waals surface area contributed by atoms with Crippen molar-refractivity contribution in [1.82, 2.24) is 4.98 Å². The summed E-state index contributed by atoms with van der Waals surface area (Å²) in [7, 11) is 0. The normalized spacial score (nSPS) is 22.6. The highest BCUT2D eigenvalue weighted by molar-refractivity contribution is 5.99. The van der Waals surface area contributed by atoms with Crippen LogP contribution in [-0.4, -0.2) is 17.1 Å². The van der Waals surface area contributed by atoms with E-state index >= 15 is 0 Å². The standard InChI is InChI=1S/C17H21N3/c1-2-12-10-19-11-13-4-3-5-16(17(12)13)20-15-8-6-14(18)7-9-15/h2-5,10-11,14-15,20H,1,6-9,18H2. The van der Waals surface area contributed by atoms with Crippen LogP contribution in [0.4, 0.5) is 5.69 Å². The molecule has 0 spiro atoms. The number of aromatic nitrogens is 1. The van der Waals surface area contributed by atoms with Crippen LogP contribution in [0.3, 0.4) is 0 Å². The Bertz CT molecular complexity index is 607. The average molecular weight is 267 g/mol. The molecule has 0 bridgehead atoms. The lowest BCUT2D eigenvalue weighted by Crippen LogP contribution is -2.32. The third-order valence-corrected chi connectivity index (χ3v) is 4.16. The first kappa shape index (κ1) is 13.1. The lowest BCUT2D eigenvalue weighted by Gasteiger charge is -2.28. The molecule has 1 aliphatic rings. The quantitative estimate of drug-likeness (QED) is 0.894. The lowest BCUT2D eigenvalue weighted by atomic mass is 9.91. The molecule has 1 fully saturated rings. The van der Waals surface area contributed by atoms with Gasteiger partial charge in [0.05, 0.1) is 0 Å². The number of anilines is 1. The maximum atomic E-state index is 5.98. The molecule has 1 aromatic carbocycles. The van der Waals surface area contributed by atoms with Crippen molar-refractivity contribution in [2.24, 2.45) is 5.73 Å². The molecule has 0 amide bonds. The Morgan fingerprint density at radius 1 is 1.20 bits per heavy atom. The van der Waals surface area contributed by atoms with E-state index in [-0.39, 0.29) is 0 Å². The van der Waals surface area contributed by atoms with Gasteiger partial charge in [-0.25, -0.2) is 0 Å². The van der Waals surface area contributed by atoms with Gasteiger partial charge in [-0.1, -0.05) is 24.8 Å². The highest BCUT2D eigenvalue weighted by Crippen LogP contribution is 2.29. The molecule has 1 aliphatic carbocycles. The highest BCUT2D eigenvalue weighted by Gasteiger charge is 2.19. The predicted molar refractivity (Wildman–Crippen MR) is 85.7 cm³/mol. The highest BCUT2D eigenvalue weighted by atomic mass is 14.9. The van der Waals surface area contributed by atoms with E-state index in [0.717, 1.165) is 36.6 Å². The van der Waals surface area contributed by atoms with E-state index < -0.39 is 0 Å². The Balaban J connectivity index is 1.93. The summed E-state index contributed by atoms with van der Waals surface area (Å²) < 4.78 is 0. The van der Waals surface area contributed by atoms with Crippen molar-refractivity contribution < 1.29 is 0 Å². The first-order chi connectivity index (χ1) is 9.78. The fourth-order valence-corrected chi connectivity index (χ4v) is 3.02. The second-order valence-corrected chi connectivity index (χ2v) is 5.59. The van der Waals surface area contributed by atoms with Crippen molar-refractivity contribution in [1.29, 1.82) is 0 Å². The second-order valence-electron chi connectivity index (χ2n) is 5.59. The summed E-state index contributed by atoms with van der Waals surface area (Å²) in [5, 5.41) is 6.06. The molecule has 0 unspecified atom stereocenters. The number of benzene rings is 1. The summed E-state index contributed by atoms with van der Waals surface area (Å²) in [5.74, 6) is 0. The first-order valence-corrected chi connectivity index (χ1v) is 7.29. The number of nitrogens with zero attached hydrogens (tertiary/aromatic N) is 1. The van der Waals surface area contributed by atoms with E-state index in [4.69, 9.17) is 5.73 Å². The van der Waals surface area contributed by atoms with Crippen molar-refractivity contribution in [3.8, 4) is 0 Å². The van der Waals surface area contributed by atoms with Crippen molar-refractivity contribution in [3.63, 3.8) is 0 Å². The third kappa shape index (κ3) is 2.54. The zero-order valence-corrected chi connectivity index (χ0v) is 11.7. The SMILES string of the molecule is C=Cc1cncc2cccc(NC3CCC(N)CC3)c12. The number of pyridine rings is 1. The zero-order valence-electron chi connectivity index (χ0n) is 11.7. The van der Waals surface area contributed by atoms with E-state index in [1.165, 1.54) is 11.1 Å². The molecule has 104 valence electrons. The Kier molecular flexibility index (Phi) is 3.70. The van der Waals surface area contributed by atoms with Crippen LogP contribution in [0.15, 0.2) is 37.2 Å². The monoisotopic (exact) mass is 267 g/mol. The average Bonchev–Trinajstić information content (AvgIpc) is 2.49. The molecule has 0 aliphatic heterocycles. The Morgan fingerprint density at radius 3 is 2.75 bits per heavy atom. The fourth-order valence-electron chi connectivity index (χ4n) is 3.02. The molecule has 0 radical (unpaired) electrons. The van der Waals surface area contributed by atoms with Gasteiger partial charge in [-0.2, -0.15) is 0 Å². The molecular formula is C17H21N3. The van der Waals surface area contributed by atoms with Crippen molar-refractivity contribution >= 4 is 22.5 Å². The number of hydrogen-bond donors (Lipinski definition) is 2. The summed E-state index contributed by atoms with van der Waals surface area (Å²) in [6, 6.07) is 7.22. The van der Waals surface area contributed by atoms with Crippen molar-refractivity contribution in [2.45, 2.75) is 37.8 Å². The van der Waals surface area contributed by atoms with Crippen LogP contribution in [0.2, 0.25) is 0 Å². The number of nitrogens with one attached hydrogen (secondary N) is 1. The van der Waals surface area contributed by atoms with Gasteiger partial charge in [0.2, 0.25) is 0 Å². The molecular weight excluding hydrogens is 246 g/mol. The minimum Gasteiger partial charge on any atom is -0.382 e. The van der Waals surface area contributed by atoms with Gasteiger partial charge in [-0.3, -0.25) is 4.98 Å². The number of nitrogens with two attached hydrogens (primary N) is 1. The zero-order chi connectivity index (χ0) is 13.9. The van der Waals surface area contributed by atoms with Gasteiger partial charge in [-0.15, -0.1) is 0 Å². The molecule has 20 heavy (non-hydrogen) atoms. The van der Waals surface area contributed by atoms with Gasteiger partial charge in [0.15, 0.2) is 0 Å². The van der Waals surface area contributed by atoms with E-state index in [1.54, 1.807) is 0 Å². The van der Waals surface area contributed by atoms with Gasteiger partial charge < -0.3 is 11.1 Å². The largest absolute Gasteiger partial charge is 0.382 e. The van der Waals surface area contributed by atoms with E-state index in [2.05, 4.69) is 35.1 Å². The number of rotatable bonds is 3. The summed E-state index contributed by atoms with van der Waals surface area (Å²) >= 11 is 0. The molecule has 0 atom stereocenters. The fraction of sp³-hybridized carbons (Fsp3) is 0.353. The smallest absolute Gasteiger partial charge is 0.0429 e. The molecule has 0 saturated heterocycles.